The van der Waals surface area contributed by atoms with Crippen LogP contribution in [0, 0.1) is 21.7 Å². The summed E-state index contributed by atoms with van der Waals surface area (Å²) in [5.41, 5.74) is 5.44. The number of nitrogens with zero attached hydrogens (tertiary/aromatic N) is 2. The first kappa shape index (κ1) is 17.7. The lowest BCUT2D eigenvalue weighted by atomic mass is 10.0. The van der Waals surface area contributed by atoms with Crippen LogP contribution in [0.15, 0.2) is 48.2 Å². The van der Waals surface area contributed by atoms with Crippen LogP contribution in [0.4, 0.5) is 20.2 Å². The fourth-order valence-electron chi connectivity index (χ4n) is 2.95. The number of nitro benzene ring substituents is 1. The fourth-order valence-corrected chi connectivity index (χ4v) is 2.95. The van der Waals surface area contributed by atoms with Crippen molar-refractivity contribution < 1.29 is 18.4 Å². The number of hydrogen-bond donors (Lipinski definition) is 1. The largest absolute Gasteiger partial charge is 0.451 e. The van der Waals surface area contributed by atoms with Gasteiger partial charge in [0, 0.05) is 13.1 Å². The van der Waals surface area contributed by atoms with Gasteiger partial charge in [0.1, 0.15) is 5.75 Å². The average Bonchev–Trinajstić information content (AvgIpc) is 2.65. The molecule has 1 saturated heterocycles. The van der Waals surface area contributed by atoms with Crippen LogP contribution in [0.1, 0.15) is 12.8 Å². The van der Waals surface area contributed by atoms with Crippen LogP contribution in [0.25, 0.3) is 0 Å². The lowest BCUT2D eigenvalue weighted by Gasteiger charge is -2.30. The van der Waals surface area contributed by atoms with E-state index in [4.69, 9.17) is 10.5 Å². The number of nitrogens with two attached hydrogens (primary N) is 1. The van der Waals surface area contributed by atoms with E-state index >= 15 is 4.39 Å². The van der Waals surface area contributed by atoms with E-state index < -0.39 is 28.0 Å². The van der Waals surface area contributed by atoms with Gasteiger partial charge in [-0.25, -0.2) is 8.78 Å². The molecule has 0 spiro atoms. The minimum Gasteiger partial charge on any atom is -0.451 e. The first-order valence-electron chi connectivity index (χ1n) is 8.05. The number of hydrogen-bond acceptors (Lipinski definition) is 5. The lowest BCUT2D eigenvalue weighted by molar-refractivity contribution is -0.384. The van der Waals surface area contributed by atoms with Gasteiger partial charge in [0.25, 0.3) is 5.69 Å². The van der Waals surface area contributed by atoms with Crippen molar-refractivity contribution in [1.29, 1.82) is 0 Å². The number of halogens is 2. The van der Waals surface area contributed by atoms with E-state index in [-0.39, 0.29) is 18.0 Å². The molecular weight excluding hydrogens is 344 g/mol. The van der Waals surface area contributed by atoms with E-state index in [1.165, 1.54) is 23.2 Å². The van der Waals surface area contributed by atoms with Crippen LogP contribution in [0.5, 0.6) is 11.5 Å². The van der Waals surface area contributed by atoms with Crippen molar-refractivity contribution in [2.75, 3.05) is 18.0 Å². The van der Waals surface area contributed by atoms with E-state index in [0.29, 0.717) is 19.0 Å². The maximum Gasteiger partial charge on any atom is 0.298 e. The molecule has 1 aliphatic rings. The molecule has 1 heterocycles. The molecule has 8 heteroatoms. The minimum atomic E-state index is -1.13. The molecule has 2 aromatic carbocycles. The van der Waals surface area contributed by atoms with Crippen molar-refractivity contribution in [3.63, 3.8) is 0 Å². The highest BCUT2D eigenvalue weighted by atomic mass is 19.1. The molecule has 1 fully saturated rings. The fraction of sp³-hybridized carbons (Fsp3) is 0.222. The van der Waals surface area contributed by atoms with Gasteiger partial charge in [-0.2, -0.15) is 0 Å². The van der Waals surface area contributed by atoms with Crippen LogP contribution in [-0.2, 0) is 0 Å². The summed E-state index contributed by atoms with van der Waals surface area (Å²) in [4.78, 5) is 12.1. The predicted molar refractivity (Wildman–Crippen MR) is 93.2 cm³/mol. The van der Waals surface area contributed by atoms with Crippen LogP contribution >= 0.6 is 0 Å². The van der Waals surface area contributed by atoms with Gasteiger partial charge in [0.15, 0.2) is 17.3 Å². The first-order valence-corrected chi connectivity index (χ1v) is 8.05. The second kappa shape index (κ2) is 7.38. The van der Waals surface area contributed by atoms with Crippen LogP contribution in [0.2, 0.25) is 0 Å². The third-order valence-electron chi connectivity index (χ3n) is 4.16. The van der Waals surface area contributed by atoms with Gasteiger partial charge in [-0.3, -0.25) is 10.1 Å². The predicted octanol–water partition coefficient (Wildman–Crippen LogP) is 4.11. The van der Waals surface area contributed by atoms with Crippen LogP contribution in [-0.4, -0.2) is 18.0 Å². The number of piperidine rings is 1. The number of ether oxygens (including phenoxy) is 1. The standard InChI is InChI=1S/C18H17F2N3O3/c19-14-9-15(23(24)25)17(22-8-4-5-12(10-21)11-22)16(20)18(14)26-13-6-2-1-3-7-13/h1-3,6-7,9-10H,4-5,8,11,21H2/b12-10-. The van der Waals surface area contributed by atoms with Gasteiger partial charge in [-0.15, -0.1) is 0 Å². The van der Waals surface area contributed by atoms with Crippen molar-refractivity contribution in [1.82, 2.24) is 0 Å². The van der Waals surface area contributed by atoms with Gasteiger partial charge in [0.2, 0.25) is 5.75 Å². The summed E-state index contributed by atoms with van der Waals surface area (Å²) < 4.78 is 34.7. The molecule has 0 aromatic heterocycles. The number of rotatable bonds is 4. The molecule has 136 valence electrons. The zero-order chi connectivity index (χ0) is 18.7. The molecule has 0 unspecified atom stereocenters. The zero-order valence-corrected chi connectivity index (χ0v) is 13.8. The highest BCUT2D eigenvalue weighted by Gasteiger charge is 2.32. The Morgan fingerprint density at radius 3 is 2.65 bits per heavy atom. The average molecular weight is 361 g/mol. The Balaban J connectivity index is 2.09. The second-order valence-corrected chi connectivity index (χ2v) is 5.89. The maximum atomic E-state index is 15.1. The molecule has 1 aliphatic heterocycles. The molecule has 3 rings (SSSR count). The molecule has 0 saturated carbocycles. The SMILES string of the molecule is N/C=C1/CCCN(c2c([N+](=O)[O-])cc(F)c(Oc3ccccc3)c2F)C1. The van der Waals surface area contributed by atoms with Crippen molar-refractivity contribution in [3.8, 4) is 11.5 Å². The Bertz CT molecular complexity index is 857. The first-order chi connectivity index (χ1) is 12.5. The van der Waals surface area contributed by atoms with E-state index in [0.717, 1.165) is 12.0 Å². The molecule has 0 amide bonds. The van der Waals surface area contributed by atoms with Crippen molar-refractivity contribution >= 4 is 11.4 Å². The van der Waals surface area contributed by atoms with Crippen molar-refractivity contribution in [2.45, 2.75) is 12.8 Å². The molecule has 0 aliphatic carbocycles. The lowest BCUT2D eigenvalue weighted by Crippen LogP contribution is -2.33. The highest BCUT2D eigenvalue weighted by molar-refractivity contribution is 5.68. The Morgan fingerprint density at radius 1 is 1.27 bits per heavy atom. The summed E-state index contributed by atoms with van der Waals surface area (Å²) in [5.74, 6) is -2.67. The normalized spacial score (nSPS) is 15.9. The van der Waals surface area contributed by atoms with Gasteiger partial charge >= 0.3 is 0 Å². The summed E-state index contributed by atoms with van der Waals surface area (Å²) in [7, 11) is 0. The number of benzene rings is 2. The third kappa shape index (κ3) is 3.44. The molecule has 2 aromatic rings. The van der Waals surface area contributed by atoms with E-state index in [9.17, 15) is 14.5 Å². The van der Waals surface area contributed by atoms with Gasteiger partial charge in [-0.05, 0) is 36.7 Å². The van der Waals surface area contributed by atoms with E-state index in [1.54, 1.807) is 18.2 Å². The summed E-state index contributed by atoms with van der Waals surface area (Å²) in [6, 6.07) is 8.80. The maximum absolute atomic E-state index is 15.1. The van der Waals surface area contributed by atoms with E-state index in [1.807, 2.05) is 0 Å². The summed E-state index contributed by atoms with van der Waals surface area (Å²) in [6.45, 7) is 0.635. The van der Waals surface area contributed by atoms with Gasteiger partial charge < -0.3 is 15.4 Å². The highest BCUT2D eigenvalue weighted by Crippen LogP contribution is 2.41. The molecular formula is C18H17F2N3O3. The minimum absolute atomic E-state index is 0.228. The topological polar surface area (TPSA) is 81.6 Å². The molecule has 26 heavy (non-hydrogen) atoms. The number of para-hydroxylation sites is 1. The third-order valence-corrected chi connectivity index (χ3v) is 4.16. The molecule has 0 radical (unpaired) electrons. The Labute approximate surface area is 148 Å². The Kier molecular flexibility index (Phi) is 5.01. The van der Waals surface area contributed by atoms with Crippen molar-refractivity contribution in [2.24, 2.45) is 5.73 Å². The summed E-state index contributed by atoms with van der Waals surface area (Å²) in [6.07, 6.45) is 2.81. The number of nitro groups is 1. The Hall–Kier alpha value is -3.16. The van der Waals surface area contributed by atoms with Crippen LogP contribution in [0.3, 0.4) is 0 Å². The van der Waals surface area contributed by atoms with Crippen LogP contribution < -0.4 is 15.4 Å². The summed E-state index contributed by atoms with van der Waals surface area (Å²) in [5, 5.41) is 11.4. The quantitative estimate of drug-likeness (QED) is 0.655. The zero-order valence-electron chi connectivity index (χ0n) is 13.8. The van der Waals surface area contributed by atoms with E-state index in [2.05, 4.69) is 0 Å². The van der Waals surface area contributed by atoms with Gasteiger partial charge in [-0.1, -0.05) is 18.2 Å². The second-order valence-electron chi connectivity index (χ2n) is 5.89. The van der Waals surface area contributed by atoms with Gasteiger partial charge in [0.05, 0.1) is 11.0 Å². The molecule has 2 N–H and O–H groups in total. The molecule has 6 nitrogen and oxygen atoms in total. The molecule has 0 bridgehead atoms. The number of anilines is 1. The molecule has 0 atom stereocenters. The van der Waals surface area contributed by atoms with Crippen molar-refractivity contribution in [3.05, 3.63) is 69.9 Å². The Morgan fingerprint density at radius 2 is 2.00 bits per heavy atom. The monoisotopic (exact) mass is 361 g/mol. The smallest absolute Gasteiger partial charge is 0.298 e. The summed E-state index contributed by atoms with van der Waals surface area (Å²) >= 11 is 0.